The van der Waals surface area contributed by atoms with Crippen molar-refractivity contribution >= 4 is 11.6 Å². The zero-order valence-corrected chi connectivity index (χ0v) is 10.1. The van der Waals surface area contributed by atoms with E-state index < -0.39 is 5.92 Å². The number of nitriles is 1. The molecule has 1 N–H and O–H groups in total. The van der Waals surface area contributed by atoms with Crippen LogP contribution in [-0.2, 0) is 16.1 Å². The molecule has 1 amide bonds. The zero-order chi connectivity index (χ0) is 12.7. The van der Waals surface area contributed by atoms with E-state index in [0.29, 0.717) is 18.7 Å². The minimum atomic E-state index is -0.596. The number of carbonyl (C=O) groups is 1. The summed E-state index contributed by atoms with van der Waals surface area (Å²) in [5.74, 6) is -0.856. The normalized spacial score (nSPS) is 11.6. The molecule has 0 bridgehead atoms. The van der Waals surface area contributed by atoms with Crippen molar-refractivity contribution in [2.24, 2.45) is 5.92 Å². The Kier molecular flexibility index (Phi) is 5.18. The van der Waals surface area contributed by atoms with Crippen LogP contribution >= 0.6 is 0 Å². The van der Waals surface area contributed by atoms with Crippen LogP contribution in [0.1, 0.15) is 18.9 Å². The summed E-state index contributed by atoms with van der Waals surface area (Å²) in [4.78, 5) is 11.7. The number of hydrogen-bond acceptors (Lipinski definition) is 3. The molecule has 90 valence electrons. The molecule has 1 unspecified atom stereocenters. The summed E-state index contributed by atoms with van der Waals surface area (Å²) in [6.07, 6.45) is 0.514. The Morgan fingerprint density at radius 1 is 1.59 bits per heavy atom. The number of benzene rings is 1. The lowest BCUT2D eigenvalue weighted by Crippen LogP contribution is -2.20. The van der Waals surface area contributed by atoms with Crippen LogP contribution in [0.25, 0.3) is 0 Å². The first-order valence-electron chi connectivity index (χ1n) is 5.49. The number of nitrogens with one attached hydrogen (secondary N) is 1. The molecule has 0 aliphatic carbocycles. The molecule has 1 aromatic carbocycles. The summed E-state index contributed by atoms with van der Waals surface area (Å²) in [7, 11) is 1.62. The van der Waals surface area contributed by atoms with Gasteiger partial charge >= 0.3 is 0 Å². The van der Waals surface area contributed by atoms with Gasteiger partial charge in [-0.2, -0.15) is 5.26 Å². The maximum atomic E-state index is 11.7. The van der Waals surface area contributed by atoms with Crippen molar-refractivity contribution in [1.29, 1.82) is 5.26 Å². The molecular weight excluding hydrogens is 216 g/mol. The summed E-state index contributed by atoms with van der Waals surface area (Å²) in [6, 6.07) is 9.37. The van der Waals surface area contributed by atoms with E-state index in [4.69, 9.17) is 10.00 Å². The molecule has 4 nitrogen and oxygen atoms in total. The van der Waals surface area contributed by atoms with Crippen LogP contribution in [0.3, 0.4) is 0 Å². The van der Waals surface area contributed by atoms with E-state index in [1.165, 1.54) is 0 Å². The number of amides is 1. The van der Waals surface area contributed by atoms with E-state index in [-0.39, 0.29) is 5.91 Å². The predicted octanol–water partition coefficient (Wildman–Crippen LogP) is 2.32. The second kappa shape index (κ2) is 6.66. The second-order valence-electron chi connectivity index (χ2n) is 3.71. The molecule has 17 heavy (non-hydrogen) atoms. The van der Waals surface area contributed by atoms with Gasteiger partial charge in [0.05, 0.1) is 12.7 Å². The zero-order valence-electron chi connectivity index (χ0n) is 10.1. The molecule has 0 spiro atoms. The van der Waals surface area contributed by atoms with Gasteiger partial charge in [-0.3, -0.25) is 4.79 Å². The number of rotatable bonds is 5. The summed E-state index contributed by atoms with van der Waals surface area (Å²) in [6.45, 7) is 2.31. The maximum Gasteiger partial charge on any atom is 0.241 e. The molecule has 1 rings (SSSR count). The van der Waals surface area contributed by atoms with Crippen molar-refractivity contribution in [1.82, 2.24) is 0 Å². The molecule has 0 aromatic heterocycles. The van der Waals surface area contributed by atoms with Gasteiger partial charge in [-0.1, -0.05) is 19.1 Å². The first-order valence-corrected chi connectivity index (χ1v) is 5.49. The van der Waals surface area contributed by atoms with Crippen molar-refractivity contribution in [3.8, 4) is 6.07 Å². The molecule has 0 heterocycles. The molecule has 0 aliphatic rings. The Morgan fingerprint density at radius 3 is 2.94 bits per heavy atom. The van der Waals surface area contributed by atoms with E-state index in [1.807, 2.05) is 31.2 Å². The Bertz CT molecular complexity index is 424. The van der Waals surface area contributed by atoms with Gasteiger partial charge in [0, 0.05) is 12.8 Å². The molecule has 0 aliphatic heterocycles. The largest absolute Gasteiger partial charge is 0.380 e. The number of hydrogen-bond donors (Lipinski definition) is 1. The Labute approximate surface area is 101 Å². The van der Waals surface area contributed by atoms with Gasteiger partial charge in [-0.15, -0.1) is 0 Å². The van der Waals surface area contributed by atoms with E-state index in [9.17, 15) is 4.79 Å². The molecule has 0 fully saturated rings. The Balaban J connectivity index is 2.71. The van der Waals surface area contributed by atoms with Crippen LogP contribution < -0.4 is 5.32 Å². The van der Waals surface area contributed by atoms with Gasteiger partial charge in [-0.25, -0.2) is 0 Å². The highest BCUT2D eigenvalue weighted by molar-refractivity contribution is 5.94. The van der Waals surface area contributed by atoms with Crippen LogP contribution in [-0.4, -0.2) is 13.0 Å². The Hall–Kier alpha value is -1.86. The summed E-state index contributed by atoms with van der Waals surface area (Å²) in [5.41, 5.74) is 1.67. The SMILES string of the molecule is CCC(C#N)C(=O)Nc1cccc(COC)c1. The Morgan fingerprint density at radius 2 is 2.35 bits per heavy atom. The summed E-state index contributed by atoms with van der Waals surface area (Å²) in [5, 5.41) is 11.5. The van der Waals surface area contributed by atoms with Crippen molar-refractivity contribution in [3.05, 3.63) is 29.8 Å². The number of carbonyl (C=O) groups excluding carboxylic acids is 1. The van der Waals surface area contributed by atoms with Crippen molar-refractivity contribution in [2.45, 2.75) is 20.0 Å². The van der Waals surface area contributed by atoms with Gasteiger partial charge in [0.2, 0.25) is 5.91 Å². The first kappa shape index (κ1) is 13.2. The predicted molar refractivity (Wildman–Crippen MR) is 65.2 cm³/mol. The smallest absolute Gasteiger partial charge is 0.241 e. The van der Waals surface area contributed by atoms with Crippen molar-refractivity contribution < 1.29 is 9.53 Å². The van der Waals surface area contributed by atoms with Crippen LogP contribution in [0, 0.1) is 17.2 Å². The second-order valence-corrected chi connectivity index (χ2v) is 3.71. The topological polar surface area (TPSA) is 62.1 Å². The lowest BCUT2D eigenvalue weighted by molar-refractivity contribution is -0.118. The molecule has 0 saturated heterocycles. The minimum Gasteiger partial charge on any atom is -0.380 e. The summed E-state index contributed by atoms with van der Waals surface area (Å²) >= 11 is 0. The number of nitrogens with zero attached hydrogens (tertiary/aromatic N) is 1. The fraction of sp³-hybridized carbons (Fsp3) is 0.385. The first-order chi connectivity index (χ1) is 8.21. The maximum absolute atomic E-state index is 11.7. The monoisotopic (exact) mass is 232 g/mol. The number of methoxy groups -OCH3 is 1. The summed E-state index contributed by atoms with van der Waals surface area (Å²) < 4.78 is 5.01. The average Bonchev–Trinajstić information content (AvgIpc) is 2.31. The van der Waals surface area contributed by atoms with Crippen molar-refractivity contribution in [2.75, 3.05) is 12.4 Å². The molecule has 0 saturated carbocycles. The van der Waals surface area contributed by atoms with Gasteiger partial charge in [-0.05, 0) is 24.1 Å². The molecular formula is C13H16N2O2. The number of anilines is 1. The third kappa shape index (κ3) is 3.89. The quantitative estimate of drug-likeness (QED) is 0.847. The highest BCUT2D eigenvalue weighted by atomic mass is 16.5. The minimum absolute atomic E-state index is 0.260. The van der Waals surface area contributed by atoms with Gasteiger partial charge in [0.15, 0.2) is 0 Å². The van der Waals surface area contributed by atoms with E-state index in [0.717, 1.165) is 5.56 Å². The van der Waals surface area contributed by atoms with Crippen LogP contribution in [0.5, 0.6) is 0 Å². The van der Waals surface area contributed by atoms with Gasteiger partial charge < -0.3 is 10.1 Å². The van der Waals surface area contributed by atoms with Crippen LogP contribution in [0.4, 0.5) is 5.69 Å². The standard InChI is InChI=1S/C13H16N2O2/c1-3-11(8-14)13(16)15-12-6-4-5-10(7-12)9-17-2/h4-7,11H,3,9H2,1-2H3,(H,15,16). The fourth-order valence-electron chi connectivity index (χ4n) is 1.47. The van der Waals surface area contributed by atoms with E-state index in [1.54, 1.807) is 13.2 Å². The fourth-order valence-corrected chi connectivity index (χ4v) is 1.47. The van der Waals surface area contributed by atoms with E-state index >= 15 is 0 Å². The highest BCUT2D eigenvalue weighted by Gasteiger charge is 2.15. The lowest BCUT2D eigenvalue weighted by Gasteiger charge is -2.09. The molecule has 4 heteroatoms. The third-order valence-electron chi connectivity index (χ3n) is 2.39. The van der Waals surface area contributed by atoms with Crippen LogP contribution in [0.2, 0.25) is 0 Å². The molecule has 0 radical (unpaired) electrons. The van der Waals surface area contributed by atoms with E-state index in [2.05, 4.69) is 5.32 Å². The average molecular weight is 232 g/mol. The molecule has 1 atom stereocenters. The van der Waals surface area contributed by atoms with Gasteiger partial charge in [0.25, 0.3) is 0 Å². The van der Waals surface area contributed by atoms with Gasteiger partial charge in [0.1, 0.15) is 5.92 Å². The highest BCUT2D eigenvalue weighted by Crippen LogP contribution is 2.13. The number of ether oxygens (including phenoxy) is 1. The lowest BCUT2D eigenvalue weighted by atomic mass is 10.1. The van der Waals surface area contributed by atoms with Crippen LogP contribution in [0.15, 0.2) is 24.3 Å². The molecule has 1 aromatic rings. The third-order valence-corrected chi connectivity index (χ3v) is 2.39. The van der Waals surface area contributed by atoms with Crippen molar-refractivity contribution in [3.63, 3.8) is 0 Å².